The topological polar surface area (TPSA) is 65.2 Å². The lowest BCUT2D eigenvalue weighted by molar-refractivity contribution is -0.126. The van der Waals surface area contributed by atoms with Gasteiger partial charge >= 0.3 is 0 Å². The Morgan fingerprint density at radius 1 is 1.00 bits per heavy atom. The summed E-state index contributed by atoms with van der Waals surface area (Å²) in [7, 11) is 0. The number of hydrogen-bond donors (Lipinski definition) is 2. The fraction of sp³-hybridized carbons (Fsp3) is 0.273. The highest BCUT2D eigenvalue weighted by Gasteiger charge is 2.28. The molecule has 2 N–H and O–H groups in total. The van der Waals surface area contributed by atoms with Crippen molar-refractivity contribution in [3.63, 3.8) is 0 Å². The van der Waals surface area contributed by atoms with Crippen LogP contribution in [0.2, 0.25) is 0 Å². The highest BCUT2D eigenvalue weighted by molar-refractivity contribution is 5.98. The monoisotopic (exact) mass is 361 g/mol. The number of benzene rings is 2. The molecule has 1 fully saturated rings. The lowest BCUT2D eigenvalue weighted by Gasteiger charge is -2.31. The lowest BCUT2D eigenvalue weighted by atomic mass is 9.95. The van der Waals surface area contributed by atoms with Gasteiger partial charge in [-0.25, -0.2) is 0 Å². The summed E-state index contributed by atoms with van der Waals surface area (Å²) >= 11 is 0. The first-order chi connectivity index (χ1) is 13.2. The van der Waals surface area contributed by atoms with Crippen molar-refractivity contribution in [1.29, 1.82) is 0 Å². The van der Waals surface area contributed by atoms with E-state index in [0.29, 0.717) is 38.2 Å². The van der Waals surface area contributed by atoms with Crippen LogP contribution in [-0.2, 0) is 11.3 Å². The van der Waals surface area contributed by atoms with Crippen LogP contribution in [0, 0.1) is 5.92 Å². The summed E-state index contributed by atoms with van der Waals surface area (Å²) in [6, 6.07) is 19.7. The number of para-hydroxylation sites is 1. The van der Waals surface area contributed by atoms with E-state index in [0.717, 1.165) is 16.5 Å². The van der Waals surface area contributed by atoms with Gasteiger partial charge in [-0.15, -0.1) is 0 Å². The van der Waals surface area contributed by atoms with Crippen LogP contribution in [0.1, 0.15) is 28.9 Å². The third-order valence-corrected chi connectivity index (χ3v) is 5.22. The quantitative estimate of drug-likeness (QED) is 0.749. The number of aromatic amines is 1. The molecule has 1 aliphatic rings. The Bertz CT molecular complexity index is 907. The van der Waals surface area contributed by atoms with Gasteiger partial charge in [-0.1, -0.05) is 48.5 Å². The van der Waals surface area contributed by atoms with Crippen LogP contribution < -0.4 is 5.32 Å². The second-order valence-electron chi connectivity index (χ2n) is 7.04. The number of rotatable bonds is 4. The second kappa shape index (κ2) is 7.66. The van der Waals surface area contributed by atoms with Crippen LogP contribution in [0.25, 0.3) is 10.9 Å². The molecular formula is C22H23N3O2. The molecule has 4 rings (SSSR count). The minimum Gasteiger partial charge on any atom is -0.352 e. The van der Waals surface area contributed by atoms with Crippen molar-refractivity contribution in [3.05, 3.63) is 71.9 Å². The molecule has 1 saturated heterocycles. The first-order valence-corrected chi connectivity index (χ1v) is 9.39. The molecular weight excluding hydrogens is 338 g/mol. The third-order valence-electron chi connectivity index (χ3n) is 5.22. The summed E-state index contributed by atoms with van der Waals surface area (Å²) in [6.07, 6.45) is 1.40. The van der Waals surface area contributed by atoms with Crippen LogP contribution in [0.4, 0.5) is 0 Å². The highest BCUT2D eigenvalue weighted by atomic mass is 16.2. The highest BCUT2D eigenvalue weighted by Crippen LogP contribution is 2.21. The number of H-pyrrole nitrogens is 1. The number of carbonyl (C=O) groups excluding carboxylic acids is 2. The fourth-order valence-electron chi connectivity index (χ4n) is 3.63. The second-order valence-corrected chi connectivity index (χ2v) is 7.04. The Labute approximate surface area is 158 Å². The average molecular weight is 361 g/mol. The predicted molar refractivity (Wildman–Crippen MR) is 105 cm³/mol. The van der Waals surface area contributed by atoms with Gasteiger partial charge in [-0.2, -0.15) is 0 Å². The summed E-state index contributed by atoms with van der Waals surface area (Å²) < 4.78 is 0. The Balaban J connectivity index is 1.31. The predicted octanol–water partition coefficient (Wildman–Crippen LogP) is 3.34. The van der Waals surface area contributed by atoms with Gasteiger partial charge in [0.1, 0.15) is 5.69 Å². The molecule has 0 bridgehead atoms. The number of aromatic nitrogens is 1. The van der Waals surface area contributed by atoms with E-state index < -0.39 is 0 Å². The number of likely N-dealkylation sites (tertiary alicyclic amines) is 1. The van der Waals surface area contributed by atoms with Gasteiger partial charge in [0.2, 0.25) is 5.91 Å². The summed E-state index contributed by atoms with van der Waals surface area (Å²) in [5.74, 6) is 0.0615. The number of piperidine rings is 1. The van der Waals surface area contributed by atoms with Gasteiger partial charge in [0.05, 0.1) is 0 Å². The molecule has 0 unspecified atom stereocenters. The van der Waals surface area contributed by atoms with Crippen LogP contribution in [0.5, 0.6) is 0 Å². The molecule has 27 heavy (non-hydrogen) atoms. The molecule has 0 aliphatic carbocycles. The summed E-state index contributed by atoms with van der Waals surface area (Å²) in [6.45, 7) is 1.77. The van der Waals surface area contributed by atoms with E-state index in [1.165, 1.54) is 0 Å². The number of amides is 2. The van der Waals surface area contributed by atoms with Crippen molar-refractivity contribution in [2.75, 3.05) is 13.1 Å². The first-order valence-electron chi connectivity index (χ1n) is 9.39. The van der Waals surface area contributed by atoms with Crippen molar-refractivity contribution in [2.45, 2.75) is 19.4 Å². The van der Waals surface area contributed by atoms with Gasteiger partial charge in [-0.05, 0) is 30.5 Å². The molecule has 0 saturated carbocycles. The summed E-state index contributed by atoms with van der Waals surface area (Å²) in [5.41, 5.74) is 2.68. The zero-order valence-electron chi connectivity index (χ0n) is 15.2. The maximum Gasteiger partial charge on any atom is 0.270 e. The van der Waals surface area contributed by atoms with Crippen molar-refractivity contribution < 1.29 is 9.59 Å². The molecule has 5 heteroatoms. The summed E-state index contributed by atoms with van der Waals surface area (Å²) in [5, 5.41) is 4.05. The Morgan fingerprint density at radius 3 is 2.44 bits per heavy atom. The fourth-order valence-corrected chi connectivity index (χ4v) is 3.63. The minimum atomic E-state index is -0.0273. The number of fused-ring (bicyclic) bond motifs is 1. The van der Waals surface area contributed by atoms with Crippen LogP contribution in [-0.4, -0.2) is 34.8 Å². The van der Waals surface area contributed by atoms with Gasteiger partial charge in [0.25, 0.3) is 5.91 Å². The zero-order chi connectivity index (χ0) is 18.6. The van der Waals surface area contributed by atoms with Crippen molar-refractivity contribution in [3.8, 4) is 0 Å². The molecule has 1 aromatic heterocycles. The number of carbonyl (C=O) groups is 2. The number of nitrogens with zero attached hydrogens (tertiary/aromatic N) is 1. The van der Waals surface area contributed by atoms with E-state index in [4.69, 9.17) is 0 Å². The smallest absolute Gasteiger partial charge is 0.270 e. The maximum atomic E-state index is 12.8. The SMILES string of the molecule is O=C(NCc1ccccc1)C1CCN(C(=O)c2cc3ccccc3[nH]2)CC1. The molecule has 2 amide bonds. The third kappa shape index (κ3) is 3.87. The van der Waals surface area contributed by atoms with E-state index >= 15 is 0 Å². The maximum absolute atomic E-state index is 12.8. The molecule has 1 aliphatic heterocycles. The molecule has 2 aromatic carbocycles. The Hall–Kier alpha value is -3.08. The van der Waals surface area contributed by atoms with E-state index in [1.54, 1.807) is 0 Å². The van der Waals surface area contributed by atoms with Crippen molar-refractivity contribution in [1.82, 2.24) is 15.2 Å². The molecule has 3 aromatic rings. The molecule has 5 nitrogen and oxygen atoms in total. The molecule has 0 radical (unpaired) electrons. The van der Waals surface area contributed by atoms with E-state index in [-0.39, 0.29) is 17.7 Å². The van der Waals surface area contributed by atoms with Crippen molar-refractivity contribution >= 4 is 22.7 Å². The average Bonchev–Trinajstić information content (AvgIpc) is 3.16. The first kappa shape index (κ1) is 17.3. The lowest BCUT2D eigenvalue weighted by Crippen LogP contribution is -2.43. The van der Waals surface area contributed by atoms with Crippen LogP contribution >= 0.6 is 0 Å². The zero-order valence-corrected chi connectivity index (χ0v) is 15.2. The molecule has 0 spiro atoms. The molecule has 0 atom stereocenters. The molecule has 138 valence electrons. The Morgan fingerprint density at radius 2 is 1.70 bits per heavy atom. The van der Waals surface area contributed by atoms with Crippen LogP contribution in [0.3, 0.4) is 0 Å². The van der Waals surface area contributed by atoms with E-state index in [9.17, 15) is 9.59 Å². The standard InChI is InChI=1S/C22H23N3O2/c26-21(23-15-16-6-2-1-3-7-16)17-10-12-25(13-11-17)22(27)20-14-18-8-4-5-9-19(18)24-20/h1-9,14,17,24H,10-13,15H2,(H,23,26). The number of hydrogen-bond acceptors (Lipinski definition) is 2. The van der Waals surface area contributed by atoms with E-state index in [1.807, 2.05) is 65.6 Å². The molecule has 2 heterocycles. The van der Waals surface area contributed by atoms with E-state index in [2.05, 4.69) is 10.3 Å². The van der Waals surface area contributed by atoms with Gasteiger partial charge < -0.3 is 15.2 Å². The van der Waals surface area contributed by atoms with Crippen LogP contribution in [0.15, 0.2) is 60.7 Å². The summed E-state index contributed by atoms with van der Waals surface area (Å²) in [4.78, 5) is 30.2. The van der Waals surface area contributed by atoms with Gasteiger partial charge in [0.15, 0.2) is 0 Å². The van der Waals surface area contributed by atoms with Crippen molar-refractivity contribution in [2.24, 2.45) is 5.92 Å². The largest absolute Gasteiger partial charge is 0.352 e. The normalized spacial score (nSPS) is 15.0. The Kier molecular flexibility index (Phi) is 4.92. The van der Waals surface area contributed by atoms with Gasteiger partial charge in [0, 0.05) is 36.5 Å². The minimum absolute atomic E-state index is 0.00865. The van der Waals surface area contributed by atoms with Gasteiger partial charge in [-0.3, -0.25) is 9.59 Å². The number of nitrogens with one attached hydrogen (secondary N) is 2.